The molecule has 0 aliphatic carbocycles. The lowest BCUT2D eigenvalue weighted by Crippen LogP contribution is -2.27. The number of nitro groups is 1. The molecular weight excluding hydrogens is 520 g/mol. The maximum Gasteiger partial charge on any atom is 0.343 e. The molecule has 0 aromatic heterocycles. The summed E-state index contributed by atoms with van der Waals surface area (Å²) >= 11 is 6.73. The Labute approximate surface area is 220 Å². The molecule has 188 valence electrons. The van der Waals surface area contributed by atoms with Crippen molar-refractivity contribution < 1.29 is 28.8 Å². The molecule has 0 radical (unpaired) electrons. The molecule has 0 saturated carbocycles. The molecule has 37 heavy (non-hydrogen) atoms. The van der Waals surface area contributed by atoms with Gasteiger partial charge in [0.1, 0.15) is 0 Å². The number of carbonyl (C=O) groups excluding carboxylic acids is 3. The van der Waals surface area contributed by atoms with Crippen molar-refractivity contribution in [3.8, 4) is 11.5 Å². The molecule has 0 bridgehead atoms. The molecule has 1 heterocycles. The molecule has 4 rings (SSSR count). The molecule has 2 amide bonds. The van der Waals surface area contributed by atoms with Crippen LogP contribution in [0, 0.1) is 10.1 Å². The zero-order valence-electron chi connectivity index (χ0n) is 19.4. The van der Waals surface area contributed by atoms with E-state index >= 15 is 0 Å². The summed E-state index contributed by atoms with van der Waals surface area (Å²) in [6.07, 6.45) is 1.57. The van der Waals surface area contributed by atoms with Crippen LogP contribution >= 0.6 is 23.4 Å². The van der Waals surface area contributed by atoms with Gasteiger partial charge >= 0.3 is 5.97 Å². The largest absolute Gasteiger partial charge is 0.490 e. The highest BCUT2D eigenvalue weighted by atomic mass is 35.5. The Balaban J connectivity index is 1.51. The molecule has 1 aliphatic rings. The van der Waals surface area contributed by atoms with Crippen LogP contribution in [0.3, 0.4) is 0 Å². The second-order valence-electron chi connectivity index (χ2n) is 7.73. The Bertz CT molecular complexity index is 1410. The average molecular weight is 539 g/mol. The lowest BCUT2D eigenvalue weighted by atomic mass is 10.1. The number of imide groups is 1. The number of carbonyl (C=O) groups is 3. The number of nitrogens with zero attached hydrogens (tertiary/aromatic N) is 2. The SMILES string of the molecule is CCOc1cc(/C=C2\SC(=O)N(Cc3ccc(Cl)cc3)C2=O)ccc1OC(=O)c1ccc([N+](=O)[O-])cc1. The van der Waals surface area contributed by atoms with Crippen molar-refractivity contribution in [2.45, 2.75) is 13.5 Å². The fourth-order valence-corrected chi connectivity index (χ4v) is 4.37. The third kappa shape index (κ3) is 6.16. The predicted octanol–water partition coefficient (Wildman–Crippen LogP) is 6.10. The van der Waals surface area contributed by atoms with Gasteiger partial charge in [0.15, 0.2) is 11.5 Å². The van der Waals surface area contributed by atoms with Gasteiger partial charge in [0, 0.05) is 17.2 Å². The van der Waals surface area contributed by atoms with Gasteiger partial charge in [-0.25, -0.2) is 4.79 Å². The highest BCUT2D eigenvalue weighted by molar-refractivity contribution is 8.18. The first-order chi connectivity index (χ1) is 17.7. The molecule has 0 atom stereocenters. The Morgan fingerprint density at radius 3 is 2.41 bits per heavy atom. The van der Waals surface area contributed by atoms with Crippen molar-refractivity contribution in [2.75, 3.05) is 6.61 Å². The molecule has 1 fully saturated rings. The molecular formula is C26H19ClN2O7S. The number of amides is 2. The van der Waals surface area contributed by atoms with E-state index in [1.54, 1.807) is 49.4 Å². The van der Waals surface area contributed by atoms with Gasteiger partial charge in [0.2, 0.25) is 0 Å². The minimum Gasteiger partial charge on any atom is -0.490 e. The topological polar surface area (TPSA) is 116 Å². The van der Waals surface area contributed by atoms with Crippen molar-refractivity contribution in [1.29, 1.82) is 0 Å². The van der Waals surface area contributed by atoms with Gasteiger partial charge in [0.05, 0.1) is 28.5 Å². The zero-order chi connectivity index (χ0) is 26.5. The first-order valence-electron chi connectivity index (χ1n) is 11.0. The Morgan fingerprint density at radius 1 is 1.05 bits per heavy atom. The van der Waals surface area contributed by atoms with Crippen LogP contribution in [0.4, 0.5) is 10.5 Å². The van der Waals surface area contributed by atoms with Crippen molar-refractivity contribution >= 4 is 52.2 Å². The van der Waals surface area contributed by atoms with Gasteiger partial charge in [-0.3, -0.25) is 24.6 Å². The highest BCUT2D eigenvalue weighted by Crippen LogP contribution is 2.35. The molecule has 0 unspecified atom stereocenters. The van der Waals surface area contributed by atoms with Gasteiger partial charge in [-0.2, -0.15) is 0 Å². The van der Waals surface area contributed by atoms with Gasteiger partial charge in [-0.15, -0.1) is 0 Å². The lowest BCUT2D eigenvalue weighted by Gasteiger charge is -2.12. The molecule has 3 aromatic rings. The number of halogens is 1. The number of non-ortho nitro benzene ring substituents is 1. The minimum absolute atomic E-state index is 0.126. The molecule has 3 aromatic carbocycles. The maximum atomic E-state index is 12.9. The first-order valence-corrected chi connectivity index (χ1v) is 12.2. The van der Waals surface area contributed by atoms with Crippen molar-refractivity contribution in [2.24, 2.45) is 0 Å². The molecule has 11 heteroatoms. The number of ether oxygens (including phenoxy) is 2. The van der Waals surface area contributed by atoms with Crippen molar-refractivity contribution in [3.05, 3.63) is 103 Å². The number of esters is 1. The van der Waals surface area contributed by atoms with Gasteiger partial charge in [0.25, 0.3) is 16.8 Å². The van der Waals surface area contributed by atoms with Crippen LogP contribution in [0.1, 0.15) is 28.4 Å². The number of hydrogen-bond donors (Lipinski definition) is 0. The second-order valence-corrected chi connectivity index (χ2v) is 9.16. The predicted molar refractivity (Wildman–Crippen MR) is 139 cm³/mol. The van der Waals surface area contributed by atoms with Crippen LogP contribution in [0.25, 0.3) is 6.08 Å². The summed E-state index contributed by atoms with van der Waals surface area (Å²) in [7, 11) is 0. The van der Waals surface area contributed by atoms with Crippen LogP contribution in [0.15, 0.2) is 71.6 Å². The van der Waals surface area contributed by atoms with E-state index in [0.717, 1.165) is 22.2 Å². The maximum absolute atomic E-state index is 12.9. The summed E-state index contributed by atoms with van der Waals surface area (Å²) in [5, 5.41) is 11.0. The van der Waals surface area contributed by atoms with Crippen LogP contribution in [-0.4, -0.2) is 33.5 Å². The number of nitro benzene ring substituents is 1. The normalized spacial score (nSPS) is 14.2. The average Bonchev–Trinajstić information content (AvgIpc) is 3.14. The lowest BCUT2D eigenvalue weighted by molar-refractivity contribution is -0.384. The fraction of sp³-hybridized carbons (Fsp3) is 0.115. The Hall–Kier alpha value is -4.15. The summed E-state index contributed by atoms with van der Waals surface area (Å²) in [4.78, 5) is 49.6. The van der Waals surface area contributed by atoms with Crippen LogP contribution in [-0.2, 0) is 11.3 Å². The summed E-state index contributed by atoms with van der Waals surface area (Å²) in [6, 6.07) is 16.6. The van der Waals surface area contributed by atoms with Crippen molar-refractivity contribution in [1.82, 2.24) is 4.90 Å². The van der Waals surface area contributed by atoms with E-state index in [1.165, 1.54) is 30.3 Å². The van der Waals surface area contributed by atoms with Crippen LogP contribution in [0.5, 0.6) is 11.5 Å². The van der Waals surface area contributed by atoms with Gasteiger partial charge < -0.3 is 9.47 Å². The number of rotatable bonds is 8. The third-order valence-electron chi connectivity index (χ3n) is 5.21. The van der Waals surface area contributed by atoms with Crippen LogP contribution < -0.4 is 9.47 Å². The summed E-state index contributed by atoms with van der Waals surface area (Å²) in [6.45, 7) is 2.17. The quantitative estimate of drug-likeness (QED) is 0.111. The number of benzene rings is 3. The molecule has 0 spiro atoms. The summed E-state index contributed by atoms with van der Waals surface area (Å²) in [5.74, 6) is -0.742. The van der Waals surface area contributed by atoms with Gasteiger partial charge in [-0.1, -0.05) is 29.8 Å². The zero-order valence-corrected chi connectivity index (χ0v) is 21.0. The van der Waals surface area contributed by atoms with E-state index in [1.807, 2.05) is 0 Å². The summed E-state index contributed by atoms with van der Waals surface area (Å²) in [5.41, 5.74) is 1.32. The third-order valence-corrected chi connectivity index (χ3v) is 6.37. The van der Waals surface area contributed by atoms with Gasteiger partial charge in [-0.05, 0) is 72.3 Å². The first kappa shape index (κ1) is 25.9. The standard InChI is InChI=1S/C26H19ClN2O7S/c1-2-35-22-13-17(5-12-21(22)36-25(31)18-6-10-20(11-7-18)29(33)34)14-23-24(30)28(26(32)37-23)15-16-3-8-19(27)9-4-16/h3-14H,2,15H2,1H3/b23-14-. The van der Waals surface area contributed by atoms with E-state index in [-0.39, 0.29) is 46.0 Å². The molecule has 1 saturated heterocycles. The fourth-order valence-electron chi connectivity index (χ4n) is 3.41. The molecule has 9 nitrogen and oxygen atoms in total. The van der Waals surface area contributed by atoms with E-state index in [0.29, 0.717) is 10.6 Å². The number of thioether (sulfide) groups is 1. The Morgan fingerprint density at radius 2 is 1.76 bits per heavy atom. The molecule has 0 N–H and O–H groups in total. The number of hydrogen-bond acceptors (Lipinski definition) is 8. The minimum atomic E-state index is -0.716. The molecule has 1 aliphatic heterocycles. The van der Waals surface area contributed by atoms with Crippen molar-refractivity contribution in [3.63, 3.8) is 0 Å². The van der Waals surface area contributed by atoms with E-state index in [9.17, 15) is 24.5 Å². The second kappa shape index (κ2) is 11.3. The van der Waals surface area contributed by atoms with E-state index < -0.39 is 16.8 Å². The smallest absolute Gasteiger partial charge is 0.343 e. The van der Waals surface area contributed by atoms with E-state index in [4.69, 9.17) is 21.1 Å². The summed E-state index contributed by atoms with van der Waals surface area (Å²) < 4.78 is 11.1. The highest BCUT2D eigenvalue weighted by Gasteiger charge is 2.35. The van der Waals surface area contributed by atoms with E-state index in [2.05, 4.69) is 0 Å². The van der Waals surface area contributed by atoms with Crippen LogP contribution in [0.2, 0.25) is 5.02 Å². The monoisotopic (exact) mass is 538 g/mol. The Kier molecular flexibility index (Phi) is 7.90.